The molecule has 1 aromatic rings. The van der Waals surface area contributed by atoms with E-state index in [-0.39, 0.29) is 11.2 Å². The van der Waals surface area contributed by atoms with Gasteiger partial charge in [0.2, 0.25) is 0 Å². The molecular weight excluding hydrogens is 249 g/mol. The summed E-state index contributed by atoms with van der Waals surface area (Å²) in [4.78, 5) is 0. The summed E-state index contributed by atoms with van der Waals surface area (Å²) in [6.45, 7) is 0. The smallest absolute Gasteiger partial charge is 0.143 e. The summed E-state index contributed by atoms with van der Waals surface area (Å²) in [5, 5.41) is 1.29. The lowest BCUT2D eigenvalue weighted by Crippen LogP contribution is -2.05. The molecule has 0 fully saturated rings. The largest absolute Gasteiger partial charge is 0.316 e. The highest BCUT2D eigenvalue weighted by Gasteiger charge is 2.21. The van der Waals surface area contributed by atoms with Gasteiger partial charge in [-0.2, -0.15) is 0 Å². The Bertz CT molecular complexity index is 315. The molecule has 13 heavy (non-hydrogen) atoms. The third-order valence-corrected chi connectivity index (χ3v) is 6.26. The molecule has 1 rings (SSSR count). The molecule has 0 aliphatic carbocycles. The second-order valence-corrected chi connectivity index (χ2v) is 7.25. The Morgan fingerprint density at radius 2 is 1.54 bits per heavy atom. The fourth-order valence-electron chi connectivity index (χ4n) is 0.883. The number of benzene rings is 1. The van der Waals surface area contributed by atoms with Gasteiger partial charge in [0.15, 0.2) is 0 Å². The average Bonchev–Trinajstić information content (AvgIpc) is 2.18. The van der Waals surface area contributed by atoms with E-state index in [1.807, 2.05) is 0 Å². The molecule has 0 spiro atoms. The van der Waals surface area contributed by atoms with Crippen LogP contribution in [0.5, 0.6) is 0 Å². The maximum atomic E-state index is 12.0. The van der Waals surface area contributed by atoms with Gasteiger partial charge < -0.3 is 4.57 Å². The zero-order chi connectivity index (χ0) is 9.90. The van der Waals surface area contributed by atoms with Crippen LogP contribution in [0.3, 0.4) is 0 Å². The van der Waals surface area contributed by atoms with Crippen molar-refractivity contribution < 1.29 is 4.57 Å². The van der Waals surface area contributed by atoms with Gasteiger partial charge in [-0.3, -0.25) is 0 Å². The summed E-state index contributed by atoms with van der Waals surface area (Å²) in [6, 6.07) is 6.77. The van der Waals surface area contributed by atoms with Gasteiger partial charge in [0.05, 0.1) is 11.2 Å². The van der Waals surface area contributed by atoms with Gasteiger partial charge in [-0.1, -0.05) is 11.6 Å². The van der Waals surface area contributed by atoms with Crippen molar-refractivity contribution in [3.05, 3.63) is 29.3 Å². The molecule has 5 heteroatoms. The highest BCUT2D eigenvalue weighted by molar-refractivity contribution is 7.74. The molecular formula is C8H8Cl3OP. The van der Waals surface area contributed by atoms with Crippen LogP contribution in [0, 0.1) is 0 Å². The number of alkyl halides is 2. The summed E-state index contributed by atoms with van der Waals surface area (Å²) in [7, 11) is -2.58. The van der Waals surface area contributed by atoms with Crippen LogP contribution in [-0.2, 0) is 4.57 Å². The van der Waals surface area contributed by atoms with Crippen molar-refractivity contribution in [3.8, 4) is 0 Å². The molecule has 0 aromatic heterocycles. The minimum Gasteiger partial charge on any atom is -0.316 e. The van der Waals surface area contributed by atoms with E-state index in [0.717, 1.165) is 0 Å². The Hall–Kier alpha value is 0.320. The highest BCUT2D eigenvalue weighted by atomic mass is 35.5. The van der Waals surface area contributed by atoms with Crippen LogP contribution in [0.2, 0.25) is 5.02 Å². The molecule has 0 N–H and O–H groups in total. The van der Waals surface area contributed by atoms with E-state index in [1.54, 1.807) is 24.3 Å². The van der Waals surface area contributed by atoms with Crippen LogP contribution in [0.25, 0.3) is 0 Å². The van der Waals surface area contributed by atoms with Crippen molar-refractivity contribution in [3.63, 3.8) is 0 Å². The van der Waals surface area contributed by atoms with Crippen molar-refractivity contribution in [1.82, 2.24) is 0 Å². The first-order chi connectivity index (χ1) is 6.12. The van der Waals surface area contributed by atoms with E-state index in [4.69, 9.17) is 34.8 Å². The average molecular weight is 257 g/mol. The summed E-state index contributed by atoms with van der Waals surface area (Å²) in [5.74, 6) is 0. The first kappa shape index (κ1) is 11.4. The second-order valence-electron chi connectivity index (χ2n) is 2.60. The van der Waals surface area contributed by atoms with Crippen molar-refractivity contribution >= 4 is 47.2 Å². The predicted molar refractivity (Wildman–Crippen MR) is 60.1 cm³/mol. The number of halogens is 3. The van der Waals surface area contributed by atoms with Gasteiger partial charge in [-0.05, 0) is 24.3 Å². The molecule has 0 aliphatic rings. The molecule has 0 amide bonds. The van der Waals surface area contributed by atoms with Gasteiger partial charge in [0.1, 0.15) is 7.14 Å². The Morgan fingerprint density at radius 1 is 1.08 bits per heavy atom. The molecule has 0 radical (unpaired) electrons. The Balaban J connectivity index is 3.07. The van der Waals surface area contributed by atoms with Crippen LogP contribution in [0.1, 0.15) is 0 Å². The second kappa shape index (κ2) is 4.70. The first-order valence-electron chi connectivity index (χ1n) is 3.58. The molecule has 0 aliphatic heterocycles. The summed E-state index contributed by atoms with van der Waals surface area (Å²) >= 11 is 16.9. The van der Waals surface area contributed by atoms with Crippen LogP contribution in [0.15, 0.2) is 24.3 Å². The molecule has 72 valence electrons. The van der Waals surface area contributed by atoms with E-state index in [1.165, 1.54) is 0 Å². The molecule has 0 bridgehead atoms. The lowest BCUT2D eigenvalue weighted by molar-refractivity contribution is 0.586. The van der Waals surface area contributed by atoms with Crippen molar-refractivity contribution in [2.45, 2.75) is 0 Å². The summed E-state index contributed by atoms with van der Waals surface area (Å²) in [6.07, 6.45) is 0. The van der Waals surface area contributed by atoms with E-state index in [0.29, 0.717) is 10.3 Å². The van der Waals surface area contributed by atoms with Crippen molar-refractivity contribution in [1.29, 1.82) is 0 Å². The molecule has 0 saturated carbocycles. The fraction of sp³-hybridized carbons (Fsp3) is 0.250. The quantitative estimate of drug-likeness (QED) is 0.596. The number of hydrogen-bond acceptors (Lipinski definition) is 1. The maximum absolute atomic E-state index is 12.0. The fourth-order valence-corrected chi connectivity index (χ4v) is 3.64. The summed E-state index contributed by atoms with van der Waals surface area (Å²) in [5.41, 5.74) is 0.135. The zero-order valence-corrected chi connectivity index (χ0v) is 9.88. The third kappa shape index (κ3) is 2.63. The molecule has 1 aromatic carbocycles. The van der Waals surface area contributed by atoms with Crippen LogP contribution < -0.4 is 5.30 Å². The first-order valence-corrected chi connectivity index (χ1v) is 7.11. The topological polar surface area (TPSA) is 17.1 Å². The van der Waals surface area contributed by atoms with Crippen LogP contribution >= 0.6 is 41.9 Å². The number of hydrogen-bond donors (Lipinski definition) is 0. The minimum atomic E-state index is -2.58. The molecule has 0 atom stereocenters. The van der Waals surface area contributed by atoms with Gasteiger partial charge in [-0.25, -0.2) is 0 Å². The lowest BCUT2D eigenvalue weighted by atomic mass is 10.4. The maximum Gasteiger partial charge on any atom is 0.143 e. The van der Waals surface area contributed by atoms with E-state index < -0.39 is 7.14 Å². The molecule has 1 nitrogen and oxygen atoms in total. The lowest BCUT2D eigenvalue weighted by Gasteiger charge is -2.11. The zero-order valence-electron chi connectivity index (χ0n) is 6.71. The van der Waals surface area contributed by atoms with E-state index >= 15 is 0 Å². The van der Waals surface area contributed by atoms with Gasteiger partial charge in [0.25, 0.3) is 0 Å². The standard InChI is InChI=1S/C8H8Cl3OP/c9-5-13(12,6-10)8-3-1-7(11)2-4-8/h1-4H,5-6H2. The predicted octanol–water partition coefficient (Wildman–Crippen LogP) is 3.72. The van der Waals surface area contributed by atoms with Crippen LogP contribution in [-0.4, -0.2) is 11.2 Å². The highest BCUT2D eigenvalue weighted by Crippen LogP contribution is 2.46. The Morgan fingerprint density at radius 3 is 1.92 bits per heavy atom. The third-order valence-electron chi connectivity index (χ3n) is 1.68. The minimum absolute atomic E-state index is 0.0676. The van der Waals surface area contributed by atoms with Gasteiger partial charge in [-0.15, -0.1) is 23.2 Å². The van der Waals surface area contributed by atoms with E-state index in [2.05, 4.69) is 0 Å². The summed E-state index contributed by atoms with van der Waals surface area (Å²) < 4.78 is 12.0. The Labute approximate surface area is 92.4 Å². The number of rotatable bonds is 3. The SMILES string of the molecule is O=P(CCl)(CCl)c1ccc(Cl)cc1. The monoisotopic (exact) mass is 256 g/mol. The van der Waals surface area contributed by atoms with Crippen LogP contribution in [0.4, 0.5) is 0 Å². The normalized spacial score (nSPS) is 11.6. The van der Waals surface area contributed by atoms with Gasteiger partial charge >= 0.3 is 0 Å². The van der Waals surface area contributed by atoms with Crippen molar-refractivity contribution in [2.75, 3.05) is 11.2 Å². The van der Waals surface area contributed by atoms with E-state index in [9.17, 15) is 4.57 Å². The molecule has 0 unspecified atom stereocenters. The molecule has 0 heterocycles. The Kier molecular flexibility index (Phi) is 4.12. The van der Waals surface area contributed by atoms with Crippen molar-refractivity contribution in [2.24, 2.45) is 0 Å². The van der Waals surface area contributed by atoms with Gasteiger partial charge in [0, 0.05) is 10.3 Å². The molecule has 0 saturated heterocycles.